The minimum atomic E-state index is -0.953. The first kappa shape index (κ1) is 19.5. The molecule has 2 amide bonds. The van der Waals surface area contributed by atoms with Gasteiger partial charge in [0.15, 0.2) is 0 Å². The van der Waals surface area contributed by atoms with Crippen LogP contribution in [0.3, 0.4) is 0 Å². The highest BCUT2D eigenvalue weighted by molar-refractivity contribution is 5.66. The van der Waals surface area contributed by atoms with Crippen molar-refractivity contribution in [3.63, 3.8) is 0 Å². The summed E-state index contributed by atoms with van der Waals surface area (Å²) in [4.78, 5) is 25.0. The first-order chi connectivity index (χ1) is 9.37. The highest BCUT2D eigenvalue weighted by Crippen LogP contribution is 2.13. The standard InChI is InChI=1S/C14H29N3O4/c1-13(2,3)16(11(18)19)9-7-15-8-10-17(12(20)21)14(4,5)6/h15H,7-10H2,1-6H3,(H,18,19)(H,20,21). The van der Waals surface area contributed by atoms with Gasteiger partial charge in [0.1, 0.15) is 0 Å². The van der Waals surface area contributed by atoms with Gasteiger partial charge in [-0.05, 0) is 41.5 Å². The van der Waals surface area contributed by atoms with E-state index in [1.165, 1.54) is 9.80 Å². The lowest BCUT2D eigenvalue weighted by Crippen LogP contribution is -2.50. The molecule has 0 aliphatic carbocycles. The largest absolute Gasteiger partial charge is 0.465 e. The molecule has 0 rings (SSSR count). The van der Waals surface area contributed by atoms with E-state index in [9.17, 15) is 9.59 Å². The fourth-order valence-electron chi connectivity index (χ4n) is 1.94. The van der Waals surface area contributed by atoms with E-state index in [1.807, 2.05) is 41.5 Å². The van der Waals surface area contributed by atoms with E-state index in [4.69, 9.17) is 10.2 Å². The molecule has 0 saturated carbocycles. The Morgan fingerprint density at radius 1 is 0.810 bits per heavy atom. The van der Waals surface area contributed by atoms with Gasteiger partial charge in [0.25, 0.3) is 0 Å². The Kier molecular flexibility index (Phi) is 6.96. The van der Waals surface area contributed by atoms with Gasteiger partial charge in [-0.1, -0.05) is 0 Å². The lowest BCUT2D eigenvalue weighted by molar-refractivity contribution is 0.0974. The monoisotopic (exact) mass is 303 g/mol. The topological polar surface area (TPSA) is 93.1 Å². The minimum Gasteiger partial charge on any atom is -0.465 e. The molecule has 3 N–H and O–H groups in total. The Balaban J connectivity index is 4.21. The molecule has 7 heteroatoms. The number of carbonyl (C=O) groups is 2. The molecule has 0 atom stereocenters. The normalized spacial score (nSPS) is 12.1. The number of hydrogen-bond acceptors (Lipinski definition) is 3. The summed E-state index contributed by atoms with van der Waals surface area (Å²) in [6, 6.07) is 0. The summed E-state index contributed by atoms with van der Waals surface area (Å²) < 4.78 is 0. The average Bonchev–Trinajstić information content (AvgIpc) is 2.22. The molecule has 124 valence electrons. The number of hydrogen-bond donors (Lipinski definition) is 3. The van der Waals surface area contributed by atoms with Gasteiger partial charge >= 0.3 is 12.2 Å². The van der Waals surface area contributed by atoms with E-state index in [0.29, 0.717) is 26.2 Å². The van der Waals surface area contributed by atoms with Crippen LogP contribution in [0.25, 0.3) is 0 Å². The molecule has 7 nitrogen and oxygen atoms in total. The molecule has 0 heterocycles. The van der Waals surface area contributed by atoms with Gasteiger partial charge in [-0.25, -0.2) is 9.59 Å². The second kappa shape index (κ2) is 7.49. The Morgan fingerprint density at radius 3 is 1.29 bits per heavy atom. The quantitative estimate of drug-likeness (QED) is 0.654. The van der Waals surface area contributed by atoms with Gasteiger partial charge in [0.05, 0.1) is 0 Å². The SMILES string of the molecule is CC(C)(C)N(CCNCCN(C(=O)O)C(C)(C)C)C(=O)O. The van der Waals surface area contributed by atoms with Crippen molar-refractivity contribution in [2.24, 2.45) is 0 Å². The maximum Gasteiger partial charge on any atom is 0.407 e. The molecule has 0 aromatic carbocycles. The van der Waals surface area contributed by atoms with Crippen LogP contribution in [0.5, 0.6) is 0 Å². The predicted octanol–water partition coefficient (Wildman–Crippen LogP) is 2.13. The van der Waals surface area contributed by atoms with Crippen molar-refractivity contribution >= 4 is 12.2 Å². The molecule has 0 unspecified atom stereocenters. The molecule has 0 aromatic rings. The van der Waals surface area contributed by atoms with Crippen LogP contribution < -0.4 is 5.32 Å². The summed E-state index contributed by atoms with van der Waals surface area (Å²) in [5, 5.41) is 21.4. The highest BCUT2D eigenvalue weighted by Gasteiger charge is 2.26. The summed E-state index contributed by atoms with van der Waals surface area (Å²) in [5.74, 6) is 0. The van der Waals surface area contributed by atoms with Gasteiger partial charge in [-0.2, -0.15) is 0 Å². The van der Waals surface area contributed by atoms with Crippen molar-refractivity contribution in [1.29, 1.82) is 0 Å². The van der Waals surface area contributed by atoms with Crippen LogP contribution in [0.1, 0.15) is 41.5 Å². The number of nitrogens with one attached hydrogen (secondary N) is 1. The molecular formula is C14H29N3O4. The van der Waals surface area contributed by atoms with Crippen LogP contribution in [0.15, 0.2) is 0 Å². The van der Waals surface area contributed by atoms with Gasteiger partial charge in [0.2, 0.25) is 0 Å². The van der Waals surface area contributed by atoms with Gasteiger partial charge in [-0.3, -0.25) is 0 Å². The summed E-state index contributed by atoms with van der Waals surface area (Å²) in [7, 11) is 0. The zero-order valence-corrected chi connectivity index (χ0v) is 13.9. The van der Waals surface area contributed by atoms with E-state index in [2.05, 4.69) is 5.32 Å². The Hall–Kier alpha value is -1.50. The summed E-state index contributed by atoms with van der Waals surface area (Å²) in [6.45, 7) is 12.7. The second-order valence-corrected chi connectivity index (χ2v) is 6.96. The number of nitrogens with zero attached hydrogens (tertiary/aromatic N) is 2. The Bertz CT molecular complexity index is 324. The van der Waals surface area contributed by atoms with E-state index in [1.54, 1.807) is 0 Å². The fourth-order valence-corrected chi connectivity index (χ4v) is 1.94. The third-order valence-electron chi connectivity index (χ3n) is 3.11. The van der Waals surface area contributed by atoms with Crippen LogP contribution in [0.4, 0.5) is 9.59 Å². The molecule has 0 aliphatic heterocycles. The molecular weight excluding hydrogens is 274 g/mol. The van der Waals surface area contributed by atoms with E-state index >= 15 is 0 Å². The summed E-state index contributed by atoms with van der Waals surface area (Å²) in [6.07, 6.45) is -1.91. The number of rotatable bonds is 6. The van der Waals surface area contributed by atoms with Crippen molar-refractivity contribution < 1.29 is 19.8 Å². The minimum absolute atomic E-state index is 0.363. The highest BCUT2D eigenvalue weighted by atomic mass is 16.4. The lowest BCUT2D eigenvalue weighted by atomic mass is 10.1. The van der Waals surface area contributed by atoms with Crippen molar-refractivity contribution in [3.05, 3.63) is 0 Å². The van der Waals surface area contributed by atoms with Crippen LogP contribution in [0.2, 0.25) is 0 Å². The van der Waals surface area contributed by atoms with E-state index < -0.39 is 23.3 Å². The van der Waals surface area contributed by atoms with Gasteiger partial charge < -0.3 is 25.3 Å². The molecule has 0 aliphatic rings. The summed E-state index contributed by atoms with van der Waals surface area (Å²) in [5.41, 5.74) is -0.905. The Labute approximate surface area is 126 Å². The third-order valence-corrected chi connectivity index (χ3v) is 3.11. The smallest absolute Gasteiger partial charge is 0.407 e. The van der Waals surface area contributed by atoms with Crippen LogP contribution in [-0.4, -0.2) is 69.5 Å². The van der Waals surface area contributed by atoms with Crippen molar-refractivity contribution in [3.8, 4) is 0 Å². The van der Waals surface area contributed by atoms with Crippen LogP contribution >= 0.6 is 0 Å². The summed E-state index contributed by atoms with van der Waals surface area (Å²) >= 11 is 0. The van der Waals surface area contributed by atoms with E-state index in [-0.39, 0.29) is 0 Å². The van der Waals surface area contributed by atoms with Crippen molar-refractivity contribution in [2.75, 3.05) is 26.2 Å². The lowest BCUT2D eigenvalue weighted by Gasteiger charge is -2.34. The number of carboxylic acid groups (broad SMARTS) is 2. The molecule has 0 bridgehead atoms. The van der Waals surface area contributed by atoms with Gasteiger partial charge in [-0.15, -0.1) is 0 Å². The second-order valence-electron chi connectivity index (χ2n) is 6.96. The molecule has 21 heavy (non-hydrogen) atoms. The van der Waals surface area contributed by atoms with Crippen molar-refractivity contribution in [2.45, 2.75) is 52.6 Å². The molecule has 0 saturated heterocycles. The van der Waals surface area contributed by atoms with Crippen LogP contribution in [0, 0.1) is 0 Å². The first-order valence-corrected chi connectivity index (χ1v) is 7.09. The molecule has 0 fully saturated rings. The maximum absolute atomic E-state index is 11.2. The van der Waals surface area contributed by atoms with Crippen LogP contribution in [-0.2, 0) is 0 Å². The molecule has 0 radical (unpaired) electrons. The van der Waals surface area contributed by atoms with Crippen molar-refractivity contribution in [1.82, 2.24) is 15.1 Å². The predicted molar refractivity (Wildman–Crippen MR) is 81.8 cm³/mol. The third kappa shape index (κ3) is 7.17. The zero-order chi connectivity index (χ0) is 16.8. The van der Waals surface area contributed by atoms with Gasteiger partial charge in [0, 0.05) is 37.3 Å². The maximum atomic E-state index is 11.2. The molecule has 0 spiro atoms. The number of amides is 2. The fraction of sp³-hybridized carbons (Fsp3) is 0.857. The Morgan fingerprint density at radius 2 is 1.10 bits per heavy atom. The molecule has 0 aromatic heterocycles. The van der Waals surface area contributed by atoms with E-state index in [0.717, 1.165) is 0 Å². The first-order valence-electron chi connectivity index (χ1n) is 7.09. The average molecular weight is 303 g/mol. The zero-order valence-electron chi connectivity index (χ0n) is 13.9.